The predicted octanol–water partition coefficient (Wildman–Crippen LogP) is 10.00. The molecule has 0 saturated heterocycles. The number of pyridine rings is 1. The summed E-state index contributed by atoms with van der Waals surface area (Å²) >= 11 is -0.839. The molecule has 0 atom stereocenters. The Balaban J connectivity index is 0.000000275. The van der Waals surface area contributed by atoms with E-state index in [-0.39, 0.29) is 22.9 Å². The zero-order valence-electron chi connectivity index (χ0n) is 25.5. The zero-order chi connectivity index (χ0) is 29.1. The Morgan fingerprint density at radius 1 is 0.714 bits per heavy atom. The Bertz CT molecular complexity index is 1100. The number of hydrogen-bond acceptors (Lipinski definition) is 2. The van der Waals surface area contributed by atoms with Crippen LogP contribution in [-0.4, -0.2) is 30.5 Å². The summed E-state index contributed by atoms with van der Waals surface area (Å²) in [5.74, 6) is 1.12. The minimum atomic E-state index is -0.839. The monoisotopic (exact) mass is 707 g/mol. The standard InChI is InChI=1S/C21H14NO.C5H4.3C4H9.Fe.Sn/c23-21(16-9-2-1-3-10-16)18-11-6-12-20-17(18)13-14-19(22-20)15-7-4-5-8-15;1-2-4-5-3-1;3*1-3-4-2;;/h1-14H;1-4H;3*1,3-4H2,2H3;;/q;-1;;;;+2;+1. The van der Waals surface area contributed by atoms with Crippen LogP contribution in [0.2, 0.25) is 13.3 Å². The molecule has 0 spiro atoms. The largest absolute Gasteiger partial charge is 2.00 e. The Hall–Kier alpha value is -1.16. The van der Waals surface area contributed by atoms with Gasteiger partial charge in [-0.25, -0.2) is 12.8 Å². The van der Waals surface area contributed by atoms with Crippen LogP contribution in [0.25, 0.3) is 10.9 Å². The van der Waals surface area contributed by atoms with Crippen LogP contribution in [0.3, 0.4) is 0 Å². The average Bonchev–Trinajstić information content (AvgIpc) is 3.79. The maximum atomic E-state index is 12.7. The molecule has 0 N–H and O–H groups in total. The summed E-state index contributed by atoms with van der Waals surface area (Å²) in [5, 5.41) is 0.886. The van der Waals surface area contributed by atoms with Gasteiger partial charge in [0.1, 0.15) is 0 Å². The molecular formula is C38H45FeNOSn+2. The molecule has 2 fully saturated rings. The molecule has 3 aromatic rings. The fourth-order valence-electron chi connectivity index (χ4n) is 4.74. The summed E-state index contributed by atoms with van der Waals surface area (Å²) in [6.07, 6.45) is 27.4. The number of carbonyl (C=O) groups is 1. The number of nitrogens with zero attached hydrogens (tertiary/aromatic N) is 1. The van der Waals surface area contributed by atoms with Crippen molar-refractivity contribution < 1.29 is 21.9 Å². The molecule has 0 aliphatic heterocycles. The molecule has 4 heteroatoms. The normalized spacial score (nSPS) is 14.4. The van der Waals surface area contributed by atoms with Gasteiger partial charge < -0.3 is 6.42 Å². The molecule has 2 aromatic carbocycles. The summed E-state index contributed by atoms with van der Waals surface area (Å²) in [5.41, 5.74) is 3.15. The molecule has 0 amide bonds. The van der Waals surface area contributed by atoms with Crippen molar-refractivity contribution in [2.24, 2.45) is 0 Å². The number of ketones is 1. The van der Waals surface area contributed by atoms with Crippen LogP contribution < -0.4 is 0 Å². The van der Waals surface area contributed by atoms with E-state index in [0.717, 1.165) is 22.5 Å². The summed E-state index contributed by atoms with van der Waals surface area (Å²) in [4.78, 5) is 17.4. The van der Waals surface area contributed by atoms with Crippen molar-refractivity contribution in [3.63, 3.8) is 0 Å². The predicted molar refractivity (Wildman–Crippen MR) is 177 cm³/mol. The first-order valence-corrected chi connectivity index (χ1v) is 21.4. The van der Waals surface area contributed by atoms with Gasteiger partial charge in [0, 0.05) is 28.1 Å². The van der Waals surface area contributed by atoms with Crippen molar-refractivity contribution in [3.05, 3.63) is 141 Å². The number of rotatable bonds is 12. The van der Waals surface area contributed by atoms with Crippen molar-refractivity contribution in [1.82, 2.24) is 4.98 Å². The topological polar surface area (TPSA) is 30.0 Å². The molecule has 42 heavy (non-hydrogen) atoms. The quantitative estimate of drug-likeness (QED) is 0.107. The minimum absolute atomic E-state index is 0. The van der Waals surface area contributed by atoms with Crippen molar-refractivity contribution in [1.29, 1.82) is 0 Å². The van der Waals surface area contributed by atoms with Crippen molar-refractivity contribution in [3.8, 4) is 0 Å². The van der Waals surface area contributed by atoms with Crippen LogP contribution in [0.15, 0.2) is 60.7 Å². The third-order valence-corrected chi connectivity index (χ3v) is 16.2. The molecule has 5 rings (SSSR count). The van der Waals surface area contributed by atoms with E-state index in [1.165, 1.54) is 38.5 Å². The van der Waals surface area contributed by atoms with E-state index in [1.54, 1.807) is 13.3 Å². The minimum Gasteiger partial charge on any atom is -0.474 e. The Morgan fingerprint density at radius 3 is 1.83 bits per heavy atom. The van der Waals surface area contributed by atoms with Crippen LogP contribution in [0, 0.1) is 63.7 Å². The number of carbonyl (C=O) groups excluding carboxylic acids is 1. The van der Waals surface area contributed by atoms with E-state index in [1.807, 2.05) is 112 Å². The molecule has 1 heterocycles. The number of unbranched alkanes of at least 4 members (excludes halogenated alkanes) is 3. The maximum Gasteiger partial charge on any atom is 2.00 e. The van der Waals surface area contributed by atoms with Crippen LogP contribution in [0.4, 0.5) is 0 Å². The molecule has 2 aliphatic carbocycles. The summed E-state index contributed by atoms with van der Waals surface area (Å²) < 4.78 is 5.04. The first-order valence-electron chi connectivity index (χ1n) is 15.3. The van der Waals surface area contributed by atoms with Crippen molar-refractivity contribution in [2.75, 3.05) is 0 Å². The van der Waals surface area contributed by atoms with Crippen molar-refractivity contribution >= 4 is 36.4 Å². The summed E-state index contributed by atoms with van der Waals surface area (Å²) in [6.45, 7) is 7.00. The van der Waals surface area contributed by atoms with E-state index >= 15 is 0 Å². The van der Waals surface area contributed by atoms with Gasteiger partial charge >= 0.3 is 109 Å². The van der Waals surface area contributed by atoms with E-state index < -0.39 is 19.8 Å². The third-order valence-electron chi connectivity index (χ3n) is 7.12. The Morgan fingerprint density at radius 2 is 1.31 bits per heavy atom. The van der Waals surface area contributed by atoms with Gasteiger partial charge in [-0.1, -0.05) is 61.4 Å². The molecule has 10 radical (unpaired) electrons. The third kappa shape index (κ3) is 12.8. The van der Waals surface area contributed by atoms with Gasteiger partial charge in [-0.15, -0.1) is 0 Å². The van der Waals surface area contributed by atoms with Crippen molar-refractivity contribution in [2.45, 2.75) is 72.6 Å². The number of benzene rings is 2. The maximum absolute atomic E-state index is 12.7. The van der Waals surface area contributed by atoms with Crippen LogP contribution in [-0.2, 0) is 17.1 Å². The molecule has 218 valence electrons. The van der Waals surface area contributed by atoms with Gasteiger partial charge in [0.05, 0.1) is 5.52 Å². The summed E-state index contributed by atoms with van der Waals surface area (Å²) in [7, 11) is 0. The molecule has 0 unspecified atom stereocenters. The first-order chi connectivity index (χ1) is 20.2. The fraction of sp³-hybridized carbons (Fsp3) is 0.316. The van der Waals surface area contributed by atoms with Gasteiger partial charge in [-0.2, -0.15) is 0 Å². The van der Waals surface area contributed by atoms with Crippen LogP contribution in [0.5, 0.6) is 0 Å². The second-order valence-corrected chi connectivity index (χ2v) is 18.9. The SMILES string of the molecule is CCC[CH2][Sn+]([CH2]CCC)[CH2]CCC.O=C(c1ccccc1)c1cccc2nc([C]3[CH][CH][CH][CH]3)ccc12.[C-]1[CH][CH][CH][CH]1.[Fe+2]. The molecule has 1 aromatic heterocycles. The number of aromatic nitrogens is 1. The molecule has 2 saturated carbocycles. The number of fused-ring (bicyclic) bond motifs is 1. The van der Waals surface area contributed by atoms with Gasteiger partial charge in [0.2, 0.25) is 0 Å². The molecule has 0 bridgehead atoms. The summed E-state index contributed by atoms with van der Waals surface area (Å²) in [6, 6.07) is 19.0. The van der Waals surface area contributed by atoms with Gasteiger partial charge in [-0.3, -0.25) is 9.78 Å². The Kier molecular flexibility index (Phi) is 19.7. The fourth-order valence-corrected chi connectivity index (χ4v) is 14.2. The van der Waals surface area contributed by atoms with Gasteiger partial charge in [0.15, 0.2) is 5.78 Å². The van der Waals surface area contributed by atoms with E-state index in [9.17, 15) is 4.79 Å². The molecule has 2 nitrogen and oxygen atoms in total. The van der Waals surface area contributed by atoms with Crippen LogP contribution >= 0.6 is 0 Å². The van der Waals surface area contributed by atoms with Crippen LogP contribution in [0.1, 0.15) is 80.9 Å². The smallest absolute Gasteiger partial charge is 0.474 e. The van der Waals surface area contributed by atoms with Gasteiger partial charge in [0.25, 0.3) is 0 Å². The number of hydrogen-bond donors (Lipinski definition) is 0. The van der Waals surface area contributed by atoms with Gasteiger partial charge in [-0.05, 0) is 37.8 Å². The van der Waals surface area contributed by atoms with E-state index in [0.29, 0.717) is 11.1 Å². The van der Waals surface area contributed by atoms with E-state index in [4.69, 9.17) is 4.98 Å². The van der Waals surface area contributed by atoms with E-state index in [2.05, 4.69) is 27.2 Å². The Labute approximate surface area is 275 Å². The molecular weight excluding hydrogens is 661 g/mol. The first kappa shape index (κ1) is 37.0. The second-order valence-electron chi connectivity index (χ2n) is 10.4. The average molecular weight is 706 g/mol. The zero-order valence-corrected chi connectivity index (χ0v) is 29.4. The second kappa shape index (κ2) is 22.4. The molecule has 2 aliphatic rings.